The summed E-state index contributed by atoms with van der Waals surface area (Å²) < 4.78 is 5.19. The summed E-state index contributed by atoms with van der Waals surface area (Å²) in [5.41, 5.74) is 1.87. The fourth-order valence-corrected chi connectivity index (χ4v) is 2.45. The zero-order chi connectivity index (χ0) is 16.1. The fraction of sp³-hybridized carbons (Fsp3) is 0.105. The third kappa shape index (κ3) is 3.61. The highest BCUT2D eigenvalue weighted by Crippen LogP contribution is 2.26. The van der Waals surface area contributed by atoms with Crippen molar-refractivity contribution >= 4 is 16.9 Å². The number of amides is 1. The average Bonchev–Trinajstić information content (AvgIpc) is 2.59. The Labute approximate surface area is 134 Å². The summed E-state index contributed by atoms with van der Waals surface area (Å²) in [5, 5.41) is 14.3. The van der Waals surface area contributed by atoms with Gasteiger partial charge < -0.3 is 15.2 Å². The maximum absolute atomic E-state index is 11.8. The van der Waals surface area contributed by atoms with E-state index in [4.69, 9.17) is 4.74 Å². The van der Waals surface area contributed by atoms with E-state index in [9.17, 15) is 9.90 Å². The summed E-state index contributed by atoms with van der Waals surface area (Å²) >= 11 is 0. The first kappa shape index (κ1) is 14.9. The summed E-state index contributed by atoms with van der Waals surface area (Å²) in [5.74, 6) is 0.232. The van der Waals surface area contributed by atoms with Gasteiger partial charge in [0.1, 0.15) is 12.4 Å². The molecule has 3 aromatic rings. The van der Waals surface area contributed by atoms with E-state index in [2.05, 4.69) is 5.32 Å². The third-order valence-corrected chi connectivity index (χ3v) is 3.63. The van der Waals surface area contributed by atoms with Crippen molar-refractivity contribution in [2.45, 2.75) is 13.2 Å². The highest BCUT2D eigenvalue weighted by Gasteiger charge is 2.07. The predicted molar refractivity (Wildman–Crippen MR) is 89.1 cm³/mol. The molecule has 4 heteroatoms. The van der Waals surface area contributed by atoms with Gasteiger partial charge in [0.2, 0.25) is 0 Å². The second-order valence-electron chi connectivity index (χ2n) is 5.20. The van der Waals surface area contributed by atoms with Gasteiger partial charge in [0, 0.05) is 11.9 Å². The van der Waals surface area contributed by atoms with Crippen LogP contribution >= 0.6 is 0 Å². The molecule has 0 aliphatic rings. The number of aromatic hydroxyl groups is 1. The summed E-state index contributed by atoms with van der Waals surface area (Å²) in [6.45, 7) is 0.581. The number of hydrogen-bond donors (Lipinski definition) is 2. The van der Waals surface area contributed by atoms with Gasteiger partial charge in [-0.05, 0) is 22.6 Å². The molecule has 0 heterocycles. The van der Waals surface area contributed by atoms with Crippen LogP contribution in [0.2, 0.25) is 0 Å². The van der Waals surface area contributed by atoms with Crippen LogP contribution in [-0.4, -0.2) is 11.2 Å². The van der Waals surface area contributed by atoms with Crippen molar-refractivity contribution in [1.29, 1.82) is 0 Å². The predicted octanol–water partition coefficient (Wildman–Crippen LogP) is 3.97. The summed E-state index contributed by atoms with van der Waals surface area (Å²) in [7, 11) is 0. The standard InChI is InChI=1S/C19H17NO3/c21-18-11-5-9-16-15(8-4-10-17(16)18)12-20-19(22)23-13-14-6-2-1-3-7-14/h1-11,21H,12-13H2,(H,20,22). The van der Waals surface area contributed by atoms with Crippen LogP contribution in [0.3, 0.4) is 0 Å². The van der Waals surface area contributed by atoms with Crippen LogP contribution in [0.15, 0.2) is 66.7 Å². The Morgan fingerprint density at radius 3 is 2.48 bits per heavy atom. The quantitative estimate of drug-likeness (QED) is 0.766. The fourth-order valence-electron chi connectivity index (χ4n) is 2.45. The second-order valence-corrected chi connectivity index (χ2v) is 5.20. The molecule has 0 bridgehead atoms. The van der Waals surface area contributed by atoms with E-state index in [1.807, 2.05) is 54.6 Å². The Morgan fingerprint density at radius 1 is 0.913 bits per heavy atom. The lowest BCUT2D eigenvalue weighted by atomic mass is 10.0. The zero-order valence-electron chi connectivity index (χ0n) is 12.5. The molecular formula is C19H17NO3. The van der Waals surface area contributed by atoms with E-state index in [0.717, 1.165) is 21.9 Å². The average molecular weight is 307 g/mol. The molecule has 1 amide bonds. The first-order valence-corrected chi connectivity index (χ1v) is 7.38. The van der Waals surface area contributed by atoms with E-state index < -0.39 is 6.09 Å². The molecule has 0 saturated carbocycles. The summed E-state index contributed by atoms with van der Waals surface area (Å²) in [6.07, 6.45) is -0.467. The molecule has 2 N–H and O–H groups in total. The number of nitrogens with one attached hydrogen (secondary N) is 1. The van der Waals surface area contributed by atoms with E-state index in [1.165, 1.54) is 0 Å². The number of carbonyl (C=O) groups excluding carboxylic acids is 1. The van der Waals surface area contributed by atoms with Crippen molar-refractivity contribution in [1.82, 2.24) is 5.32 Å². The van der Waals surface area contributed by atoms with Crippen LogP contribution in [0.5, 0.6) is 5.75 Å². The molecule has 0 spiro atoms. The van der Waals surface area contributed by atoms with Gasteiger partial charge >= 0.3 is 6.09 Å². The van der Waals surface area contributed by atoms with Crippen molar-refractivity contribution in [3.63, 3.8) is 0 Å². The topological polar surface area (TPSA) is 58.6 Å². The number of fused-ring (bicyclic) bond motifs is 1. The van der Waals surface area contributed by atoms with Crippen molar-refractivity contribution in [3.05, 3.63) is 77.9 Å². The van der Waals surface area contributed by atoms with Crippen LogP contribution in [-0.2, 0) is 17.9 Å². The molecule has 0 unspecified atom stereocenters. The smallest absolute Gasteiger partial charge is 0.407 e. The SMILES string of the molecule is O=C(NCc1cccc2c(O)cccc12)OCc1ccccc1. The Bertz CT molecular complexity index is 815. The number of alkyl carbamates (subject to hydrolysis) is 1. The van der Waals surface area contributed by atoms with E-state index >= 15 is 0 Å². The highest BCUT2D eigenvalue weighted by molar-refractivity contribution is 5.90. The van der Waals surface area contributed by atoms with Crippen LogP contribution < -0.4 is 5.32 Å². The Kier molecular flexibility index (Phi) is 4.43. The van der Waals surface area contributed by atoms with Gasteiger partial charge in [-0.3, -0.25) is 0 Å². The van der Waals surface area contributed by atoms with Crippen molar-refractivity contribution in [2.75, 3.05) is 0 Å². The number of phenols is 1. The first-order valence-electron chi connectivity index (χ1n) is 7.38. The molecule has 4 nitrogen and oxygen atoms in total. The zero-order valence-corrected chi connectivity index (χ0v) is 12.5. The van der Waals surface area contributed by atoms with Gasteiger partial charge in [-0.25, -0.2) is 4.79 Å². The number of phenolic OH excluding ortho intramolecular Hbond substituents is 1. The maximum atomic E-state index is 11.8. The second kappa shape index (κ2) is 6.83. The van der Waals surface area contributed by atoms with Gasteiger partial charge in [-0.15, -0.1) is 0 Å². The molecule has 0 aliphatic carbocycles. The lowest BCUT2D eigenvalue weighted by molar-refractivity contribution is 0.139. The van der Waals surface area contributed by atoms with E-state index in [1.54, 1.807) is 12.1 Å². The normalized spacial score (nSPS) is 10.4. The van der Waals surface area contributed by atoms with E-state index in [-0.39, 0.29) is 12.4 Å². The summed E-state index contributed by atoms with van der Waals surface area (Å²) in [6, 6.07) is 20.5. The highest BCUT2D eigenvalue weighted by atomic mass is 16.5. The van der Waals surface area contributed by atoms with Gasteiger partial charge in [-0.1, -0.05) is 60.7 Å². The van der Waals surface area contributed by atoms with Crippen molar-refractivity contribution < 1.29 is 14.6 Å². The molecule has 0 saturated heterocycles. The van der Waals surface area contributed by atoms with Gasteiger partial charge in [-0.2, -0.15) is 0 Å². The number of carbonyl (C=O) groups is 1. The lowest BCUT2D eigenvalue weighted by Gasteiger charge is -2.10. The number of benzene rings is 3. The first-order chi connectivity index (χ1) is 11.2. The molecule has 0 aromatic heterocycles. The van der Waals surface area contributed by atoms with E-state index in [0.29, 0.717) is 6.54 Å². The van der Waals surface area contributed by atoms with Gasteiger partial charge in [0.15, 0.2) is 0 Å². The third-order valence-electron chi connectivity index (χ3n) is 3.63. The molecule has 3 rings (SSSR count). The largest absolute Gasteiger partial charge is 0.507 e. The number of rotatable bonds is 4. The lowest BCUT2D eigenvalue weighted by Crippen LogP contribution is -2.23. The Balaban J connectivity index is 1.62. The molecule has 0 aliphatic heterocycles. The number of hydrogen-bond acceptors (Lipinski definition) is 3. The minimum Gasteiger partial charge on any atom is -0.507 e. The monoisotopic (exact) mass is 307 g/mol. The van der Waals surface area contributed by atoms with Gasteiger partial charge in [0.25, 0.3) is 0 Å². The molecule has 3 aromatic carbocycles. The Hall–Kier alpha value is -3.01. The van der Waals surface area contributed by atoms with Crippen LogP contribution in [0, 0.1) is 0 Å². The molecule has 0 atom stereocenters. The number of ether oxygens (including phenoxy) is 1. The molecule has 0 radical (unpaired) electrons. The minimum atomic E-state index is -0.467. The van der Waals surface area contributed by atoms with Crippen molar-refractivity contribution in [3.8, 4) is 5.75 Å². The minimum absolute atomic E-state index is 0.232. The van der Waals surface area contributed by atoms with Crippen molar-refractivity contribution in [2.24, 2.45) is 0 Å². The summed E-state index contributed by atoms with van der Waals surface area (Å²) in [4.78, 5) is 11.8. The van der Waals surface area contributed by atoms with Crippen LogP contribution in [0.4, 0.5) is 4.79 Å². The molecular weight excluding hydrogens is 290 g/mol. The maximum Gasteiger partial charge on any atom is 0.407 e. The Morgan fingerprint density at radius 2 is 1.65 bits per heavy atom. The molecule has 23 heavy (non-hydrogen) atoms. The van der Waals surface area contributed by atoms with Crippen LogP contribution in [0.25, 0.3) is 10.8 Å². The molecule has 116 valence electrons. The van der Waals surface area contributed by atoms with Crippen LogP contribution in [0.1, 0.15) is 11.1 Å². The molecule has 0 fully saturated rings. The van der Waals surface area contributed by atoms with Gasteiger partial charge in [0.05, 0.1) is 0 Å².